The number of hydrogen-bond acceptors (Lipinski definition) is 4. The Kier molecular flexibility index (Phi) is 6.58. The molecule has 0 saturated carbocycles. The highest BCUT2D eigenvalue weighted by atomic mass is 16.3. The normalized spacial score (nSPS) is 10.9. The molecule has 0 spiro atoms. The number of aryl methyl sites for hydroxylation is 2. The molecular weight excluding hydrogens is 254 g/mol. The average Bonchev–Trinajstić information content (AvgIpc) is 2.46. The number of nitrogens with zero attached hydrogens (tertiary/aromatic N) is 3. The summed E-state index contributed by atoms with van der Waals surface area (Å²) in [6, 6.07) is 1.94. The van der Waals surface area contributed by atoms with Gasteiger partial charge in [-0.3, -0.25) is 4.79 Å². The zero-order valence-corrected chi connectivity index (χ0v) is 12.9. The number of amides is 1. The number of aromatic nitrogens is 2. The van der Waals surface area contributed by atoms with Crippen molar-refractivity contribution < 1.29 is 9.90 Å². The molecule has 1 aromatic rings. The van der Waals surface area contributed by atoms with E-state index in [4.69, 9.17) is 0 Å². The number of carbonyl (C=O) groups is 1. The molecular formula is C15H25N3O2. The van der Waals surface area contributed by atoms with E-state index < -0.39 is 0 Å². The van der Waals surface area contributed by atoms with Crippen molar-refractivity contribution in [3.8, 4) is 0 Å². The summed E-state index contributed by atoms with van der Waals surface area (Å²) in [6.45, 7) is 8.24. The zero-order valence-electron chi connectivity index (χ0n) is 12.9. The fourth-order valence-corrected chi connectivity index (χ4v) is 2.40. The third-order valence-electron chi connectivity index (χ3n) is 3.54. The molecule has 0 radical (unpaired) electrons. The molecule has 1 aromatic heterocycles. The molecule has 0 aliphatic heterocycles. The van der Waals surface area contributed by atoms with E-state index in [1.54, 1.807) is 11.0 Å². The van der Waals surface area contributed by atoms with Crippen molar-refractivity contribution in [2.45, 2.75) is 53.0 Å². The Morgan fingerprint density at radius 2 is 1.95 bits per heavy atom. The lowest BCUT2D eigenvalue weighted by Gasteiger charge is -2.30. The van der Waals surface area contributed by atoms with Gasteiger partial charge in [-0.25, -0.2) is 0 Å². The molecule has 0 atom stereocenters. The van der Waals surface area contributed by atoms with Gasteiger partial charge in [-0.05, 0) is 32.3 Å². The Hall–Kier alpha value is -1.49. The highest BCUT2D eigenvalue weighted by Crippen LogP contribution is 2.16. The summed E-state index contributed by atoms with van der Waals surface area (Å²) in [7, 11) is 0. The van der Waals surface area contributed by atoms with Crippen LogP contribution in [0.25, 0.3) is 0 Å². The topological polar surface area (TPSA) is 66.3 Å². The van der Waals surface area contributed by atoms with Crippen LogP contribution in [0.5, 0.6) is 0 Å². The predicted octanol–water partition coefficient (Wildman–Crippen LogP) is 1.97. The average molecular weight is 279 g/mol. The van der Waals surface area contributed by atoms with E-state index in [1.165, 1.54) is 0 Å². The minimum Gasteiger partial charge on any atom is -0.395 e. The molecule has 0 aromatic carbocycles. The smallest absolute Gasteiger partial charge is 0.256 e. The number of aliphatic hydroxyl groups excluding tert-OH is 1. The Bertz CT molecular complexity index is 445. The maximum atomic E-state index is 12.8. The van der Waals surface area contributed by atoms with E-state index in [2.05, 4.69) is 24.0 Å². The molecule has 0 unspecified atom stereocenters. The van der Waals surface area contributed by atoms with Gasteiger partial charge in [0, 0.05) is 12.6 Å². The second-order valence-corrected chi connectivity index (χ2v) is 4.89. The van der Waals surface area contributed by atoms with Gasteiger partial charge in [0.15, 0.2) is 0 Å². The minimum atomic E-state index is -0.0531. The number of rotatable bonds is 7. The fourth-order valence-electron chi connectivity index (χ4n) is 2.40. The van der Waals surface area contributed by atoms with E-state index in [9.17, 15) is 9.90 Å². The van der Waals surface area contributed by atoms with Crippen LogP contribution in [0.1, 0.15) is 55.4 Å². The highest BCUT2D eigenvalue weighted by molar-refractivity contribution is 5.95. The molecule has 0 saturated heterocycles. The molecule has 1 N–H and O–H groups in total. The van der Waals surface area contributed by atoms with Gasteiger partial charge < -0.3 is 10.0 Å². The monoisotopic (exact) mass is 279 g/mol. The van der Waals surface area contributed by atoms with Gasteiger partial charge in [-0.2, -0.15) is 10.2 Å². The van der Waals surface area contributed by atoms with Gasteiger partial charge >= 0.3 is 0 Å². The van der Waals surface area contributed by atoms with Crippen molar-refractivity contribution in [3.05, 3.63) is 23.0 Å². The first-order valence-electron chi connectivity index (χ1n) is 7.33. The first kappa shape index (κ1) is 16.6. The predicted molar refractivity (Wildman–Crippen MR) is 78.6 cm³/mol. The lowest BCUT2D eigenvalue weighted by atomic mass is 10.1. The van der Waals surface area contributed by atoms with E-state index in [0.29, 0.717) is 18.5 Å². The quantitative estimate of drug-likeness (QED) is 0.828. The highest BCUT2D eigenvalue weighted by Gasteiger charge is 2.24. The van der Waals surface area contributed by atoms with E-state index in [1.807, 2.05) is 13.8 Å². The molecule has 5 nitrogen and oxygen atoms in total. The lowest BCUT2D eigenvalue weighted by Crippen LogP contribution is -2.42. The van der Waals surface area contributed by atoms with Crippen LogP contribution in [0.2, 0.25) is 0 Å². The number of hydrogen-bond donors (Lipinski definition) is 1. The summed E-state index contributed by atoms with van der Waals surface area (Å²) in [6.07, 6.45) is 2.42. The summed E-state index contributed by atoms with van der Waals surface area (Å²) < 4.78 is 0. The molecule has 1 heterocycles. The van der Waals surface area contributed by atoms with Crippen molar-refractivity contribution in [1.82, 2.24) is 15.1 Å². The van der Waals surface area contributed by atoms with Crippen molar-refractivity contribution in [1.29, 1.82) is 0 Å². The maximum absolute atomic E-state index is 12.8. The van der Waals surface area contributed by atoms with E-state index in [0.717, 1.165) is 24.2 Å². The van der Waals surface area contributed by atoms with Crippen LogP contribution in [-0.4, -0.2) is 45.3 Å². The summed E-state index contributed by atoms with van der Waals surface area (Å²) >= 11 is 0. The van der Waals surface area contributed by atoms with Crippen LogP contribution in [0.4, 0.5) is 0 Å². The lowest BCUT2D eigenvalue weighted by molar-refractivity contribution is 0.0620. The van der Waals surface area contributed by atoms with Crippen LogP contribution < -0.4 is 0 Å². The first-order chi connectivity index (χ1) is 9.58. The molecule has 0 bridgehead atoms. The molecule has 0 aliphatic carbocycles. The summed E-state index contributed by atoms with van der Waals surface area (Å²) in [5, 5.41) is 17.4. The van der Waals surface area contributed by atoms with Gasteiger partial charge in [-0.15, -0.1) is 0 Å². The van der Waals surface area contributed by atoms with Gasteiger partial charge in [0.1, 0.15) is 0 Å². The number of carbonyl (C=O) groups excluding carboxylic acids is 1. The number of aliphatic hydroxyl groups is 1. The second-order valence-electron chi connectivity index (χ2n) is 4.89. The maximum Gasteiger partial charge on any atom is 0.256 e. The molecule has 112 valence electrons. The molecule has 1 rings (SSSR count). The second kappa shape index (κ2) is 7.94. The zero-order chi connectivity index (χ0) is 15.1. The summed E-state index contributed by atoms with van der Waals surface area (Å²) in [5.41, 5.74) is 2.06. The Labute approximate surface area is 121 Å². The standard InChI is InChI=1S/C15H25N3O2/c1-5-12(6-2)18(8-9-19)15(20)13-10-11(4)16-17-14(13)7-3/h10,12,19H,5-9H2,1-4H3. The van der Waals surface area contributed by atoms with Crippen molar-refractivity contribution >= 4 is 5.91 Å². The van der Waals surface area contributed by atoms with E-state index >= 15 is 0 Å². The third kappa shape index (κ3) is 3.76. The van der Waals surface area contributed by atoms with E-state index in [-0.39, 0.29) is 18.6 Å². The van der Waals surface area contributed by atoms with Crippen LogP contribution in [-0.2, 0) is 6.42 Å². The molecule has 0 fully saturated rings. The van der Waals surface area contributed by atoms with Crippen molar-refractivity contribution in [3.63, 3.8) is 0 Å². The van der Waals surface area contributed by atoms with Crippen LogP contribution in [0, 0.1) is 6.92 Å². The van der Waals surface area contributed by atoms with Gasteiger partial charge in [0.2, 0.25) is 0 Å². The Balaban J connectivity index is 3.14. The molecule has 20 heavy (non-hydrogen) atoms. The largest absolute Gasteiger partial charge is 0.395 e. The van der Waals surface area contributed by atoms with Gasteiger partial charge in [-0.1, -0.05) is 20.8 Å². The molecule has 1 amide bonds. The Morgan fingerprint density at radius 3 is 2.45 bits per heavy atom. The van der Waals surface area contributed by atoms with Crippen LogP contribution >= 0.6 is 0 Å². The molecule has 0 aliphatic rings. The van der Waals surface area contributed by atoms with Crippen LogP contribution in [0.15, 0.2) is 6.07 Å². The SMILES string of the molecule is CCc1nnc(C)cc1C(=O)N(CCO)C(CC)CC. The summed E-state index contributed by atoms with van der Waals surface area (Å²) in [5.74, 6) is -0.0531. The van der Waals surface area contributed by atoms with Crippen molar-refractivity contribution in [2.24, 2.45) is 0 Å². The molecule has 5 heteroatoms. The van der Waals surface area contributed by atoms with Gasteiger partial charge in [0.25, 0.3) is 5.91 Å². The third-order valence-corrected chi connectivity index (χ3v) is 3.54. The van der Waals surface area contributed by atoms with Crippen LogP contribution in [0.3, 0.4) is 0 Å². The van der Waals surface area contributed by atoms with Crippen molar-refractivity contribution in [2.75, 3.05) is 13.2 Å². The fraction of sp³-hybridized carbons (Fsp3) is 0.667. The van der Waals surface area contributed by atoms with Gasteiger partial charge in [0.05, 0.1) is 23.6 Å². The Morgan fingerprint density at radius 1 is 1.30 bits per heavy atom. The minimum absolute atomic E-state index is 0.0266. The first-order valence-corrected chi connectivity index (χ1v) is 7.33. The summed E-state index contributed by atoms with van der Waals surface area (Å²) in [4.78, 5) is 14.5.